The Kier molecular flexibility index (Phi) is 25.9. The third-order valence-corrected chi connectivity index (χ3v) is 7.38. The predicted octanol–water partition coefficient (Wildman–Crippen LogP) is 11.1. The normalized spacial score (nSPS) is 14.3. The Morgan fingerprint density at radius 1 is 0.382 bits per heavy atom. The van der Waals surface area contributed by atoms with Gasteiger partial charge in [-0.3, -0.25) is 0 Å². The molecule has 0 atom stereocenters. The van der Waals surface area contributed by atoms with Crippen molar-refractivity contribution >= 4 is 0 Å². The molecule has 0 radical (unpaired) electrons. The van der Waals surface area contributed by atoms with E-state index in [0.717, 1.165) is 26.1 Å². The van der Waals surface area contributed by atoms with E-state index in [1.165, 1.54) is 154 Å². The van der Waals surface area contributed by atoms with Crippen molar-refractivity contribution in [3.8, 4) is 0 Å². The number of rotatable bonds is 28. The monoisotopic (exact) mass is 484 g/mol. The van der Waals surface area contributed by atoms with E-state index in [9.17, 15) is 0 Å². The number of hydrogen-bond acceptors (Lipinski definition) is 3. The van der Waals surface area contributed by atoms with Crippen LogP contribution in [0.4, 0.5) is 0 Å². The van der Waals surface area contributed by atoms with E-state index in [0.29, 0.717) is 0 Å². The van der Waals surface area contributed by atoms with Crippen molar-refractivity contribution in [3.63, 3.8) is 0 Å². The third kappa shape index (κ3) is 22.4. The molecule has 0 bridgehead atoms. The fourth-order valence-corrected chi connectivity index (χ4v) is 4.83. The predicted molar refractivity (Wildman–Crippen MR) is 151 cm³/mol. The fourth-order valence-electron chi connectivity index (χ4n) is 4.83. The summed E-state index contributed by atoms with van der Waals surface area (Å²) in [5.74, 6) is -0.171. The van der Waals surface area contributed by atoms with Gasteiger partial charge < -0.3 is 15.6 Å². The van der Waals surface area contributed by atoms with Crippen LogP contribution in [0.3, 0.4) is 0 Å². The zero-order valence-corrected chi connectivity index (χ0v) is 23.8. The first kappa shape index (κ1) is 33.9. The Labute approximate surface area is 215 Å². The van der Waals surface area contributed by atoms with Crippen molar-refractivity contribution in [2.45, 2.75) is 187 Å². The van der Waals surface area contributed by atoms with Gasteiger partial charge in [0.25, 0.3) is 0 Å². The van der Waals surface area contributed by atoms with Gasteiger partial charge in [0.2, 0.25) is 0 Å². The molecule has 1 rings (SSSR count). The highest BCUT2D eigenvalue weighted by Gasteiger charge is 2.45. The van der Waals surface area contributed by atoms with Gasteiger partial charge in [-0.15, -0.1) is 0 Å². The smallest absolute Gasteiger partial charge is 0.168 e. The highest BCUT2D eigenvalue weighted by molar-refractivity contribution is 4.86. The second kappa shape index (κ2) is 26.0. The van der Waals surface area contributed by atoms with E-state index < -0.39 is 0 Å². The third-order valence-electron chi connectivity index (χ3n) is 7.38. The van der Waals surface area contributed by atoms with Gasteiger partial charge in [-0.05, 0) is 12.8 Å². The lowest BCUT2D eigenvalue weighted by atomic mass is 10.1. The van der Waals surface area contributed by atoms with Gasteiger partial charge in [0.1, 0.15) is 0 Å². The van der Waals surface area contributed by atoms with Crippen molar-refractivity contribution in [1.82, 2.24) is 6.15 Å². The molecule has 206 valence electrons. The topological polar surface area (TPSA) is 53.5 Å². The number of unbranched alkanes of at least 4 members (excludes halogenated alkanes) is 22. The van der Waals surface area contributed by atoms with Gasteiger partial charge in [0.05, 0.1) is 13.2 Å². The molecule has 34 heavy (non-hydrogen) atoms. The minimum Gasteiger partial charge on any atom is -0.350 e. The molecule has 0 heterocycles. The first-order chi connectivity index (χ1) is 16.3. The van der Waals surface area contributed by atoms with Gasteiger partial charge in [0, 0.05) is 12.8 Å². The van der Waals surface area contributed by atoms with E-state index in [4.69, 9.17) is 9.47 Å². The molecule has 0 spiro atoms. The van der Waals surface area contributed by atoms with Gasteiger partial charge in [-0.2, -0.15) is 0 Å². The first-order valence-electron chi connectivity index (χ1n) is 15.6. The lowest BCUT2D eigenvalue weighted by Crippen LogP contribution is -2.20. The molecule has 3 N–H and O–H groups in total. The number of hydrogen-bond donors (Lipinski definition) is 1. The molecule has 0 amide bonds. The van der Waals surface area contributed by atoms with E-state index in [-0.39, 0.29) is 11.9 Å². The van der Waals surface area contributed by atoms with Crippen LogP contribution >= 0.6 is 0 Å². The molecule has 0 aliphatic heterocycles. The van der Waals surface area contributed by atoms with Gasteiger partial charge in [-0.25, -0.2) is 0 Å². The SMILES string of the molecule is CCCCCCCCCCCCCCOC1(OCCCCCCCCCCCCCC)CC1.N. The Morgan fingerprint density at radius 2 is 0.618 bits per heavy atom. The summed E-state index contributed by atoms with van der Waals surface area (Å²) in [6.45, 7) is 6.39. The molecular weight excluding hydrogens is 418 g/mol. The maximum absolute atomic E-state index is 6.12. The van der Waals surface area contributed by atoms with Crippen LogP contribution in [-0.4, -0.2) is 19.0 Å². The van der Waals surface area contributed by atoms with E-state index in [2.05, 4.69) is 13.8 Å². The van der Waals surface area contributed by atoms with E-state index >= 15 is 0 Å². The summed E-state index contributed by atoms with van der Waals surface area (Å²) in [7, 11) is 0. The Morgan fingerprint density at radius 3 is 0.853 bits per heavy atom. The summed E-state index contributed by atoms with van der Waals surface area (Å²) < 4.78 is 12.2. The summed E-state index contributed by atoms with van der Waals surface area (Å²) in [5, 5.41) is 0. The van der Waals surface area contributed by atoms with Crippen molar-refractivity contribution in [3.05, 3.63) is 0 Å². The molecule has 0 aromatic carbocycles. The van der Waals surface area contributed by atoms with Crippen LogP contribution in [0, 0.1) is 0 Å². The van der Waals surface area contributed by atoms with Crippen molar-refractivity contribution in [2.75, 3.05) is 13.2 Å². The minimum absolute atomic E-state index is 0. The Balaban J connectivity index is 0.0000109. The standard InChI is InChI=1S/C31H62O2.H3N/c1-3-5-7-9-11-13-15-17-19-21-23-25-29-32-31(27-28-31)33-30-26-24-22-20-18-16-14-12-10-8-6-4-2;/h3-30H2,1-2H3;1H3. The molecule has 0 aromatic rings. The van der Waals surface area contributed by atoms with Gasteiger partial charge in [0.15, 0.2) is 5.79 Å². The molecule has 0 saturated heterocycles. The van der Waals surface area contributed by atoms with Crippen LogP contribution in [-0.2, 0) is 9.47 Å². The zero-order valence-electron chi connectivity index (χ0n) is 23.8. The first-order valence-corrected chi connectivity index (χ1v) is 15.6. The van der Waals surface area contributed by atoms with Crippen molar-refractivity contribution < 1.29 is 9.47 Å². The summed E-state index contributed by atoms with van der Waals surface area (Å²) >= 11 is 0. The fraction of sp³-hybridized carbons (Fsp3) is 1.00. The Hall–Kier alpha value is -0.120. The van der Waals surface area contributed by atoms with Gasteiger partial charge in [-0.1, -0.05) is 155 Å². The van der Waals surface area contributed by atoms with E-state index in [1.54, 1.807) is 0 Å². The summed E-state index contributed by atoms with van der Waals surface area (Å²) in [6.07, 6.45) is 35.8. The molecule has 0 unspecified atom stereocenters. The van der Waals surface area contributed by atoms with Crippen LogP contribution in [0.15, 0.2) is 0 Å². The molecule has 1 aliphatic rings. The molecule has 3 heteroatoms. The second-order valence-electron chi connectivity index (χ2n) is 10.9. The van der Waals surface area contributed by atoms with E-state index in [1.807, 2.05) is 0 Å². The Bertz CT molecular complexity index is 352. The molecule has 1 saturated carbocycles. The second-order valence-corrected chi connectivity index (χ2v) is 10.9. The summed E-state index contributed by atoms with van der Waals surface area (Å²) in [4.78, 5) is 0. The van der Waals surface area contributed by atoms with Crippen molar-refractivity contribution in [2.24, 2.45) is 0 Å². The quantitative estimate of drug-likeness (QED) is 0.0888. The number of ether oxygens (including phenoxy) is 2. The summed E-state index contributed by atoms with van der Waals surface area (Å²) in [5.41, 5.74) is 0. The minimum atomic E-state index is -0.171. The molecule has 1 aliphatic carbocycles. The average molecular weight is 484 g/mol. The lowest BCUT2D eigenvalue weighted by Gasteiger charge is -2.17. The van der Waals surface area contributed by atoms with Crippen LogP contribution in [0.2, 0.25) is 0 Å². The van der Waals surface area contributed by atoms with Crippen LogP contribution in [0.25, 0.3) is 0 Å². The molecule has 0 aromatic heterocycles. The molecular formula is C31H65NO2. The maximum Gasteiger partial charge on any atom is 0.168 e. The maximum atomic E-state index is 6.12. The average Bonchev–Trinajstić information content (AvgIpc) is 3.60. The molecule has 3 nitrogen and oxygen atoms in total. The largest absolute Gasteiger partial charge is 0.350 e. The highest BCUT2D eigenvalue weighted by Crippen LogP contribution is 2.41. The van der Waals surface area contributed by atoms with Crippen LogP contribution in [0.1, 0.15) is 181 Å². The van der Waals surface area contributed by atoms with Gasteiger partial charge >= 0.3 is 0 Å². The van der Waals surface area contributed by atoms with Crippen LogP contribution < -0.4 is 6.15 Å². The molecule has 1 fully saturated rings. The van der Waals surface area contributed by atoms with Crippen LogP contribution in [0.5, 0.6) is 0 Å². The lowest BCUT2D eigenvalue weighted by molar-refractivity contribution is -0.168. The zero-order chi connectivity index (χ0) is 23.7. The highest BCUT2D eigenvalue weighted by atomic mass is 16.7. The van der Waals surface area contributed by atoms with Crippen molar-refractivity contribution in [1.29, 1.82) is 0 Å². The summed E-state index contributed by atoms with van der Waals surface area (Å²) in [6, 6.07) is 0.